The highest BCUT2D eigenvalue weighted by atomic mass is 16.5. The highest BCUT2D eigenvalue weighted by Gasteiger charge is 2.99. The zero-order valence-corrected chi connectivity index (χ0v) is 15.6. The fourth-order valence-electron chi connectivity index (χ4n) is 11.9. The van der Waals surface area contributed by atoms with Crippen LogP contribution in [-0.4, -0.2) is 26.2 Å². The summed E-state index contributed by atoms with van der Waals surface area (Å²) in [5.41, 5.74) is -1.18. The molecule has 8 saturated carbocycles. The van der Waals surface area contributed by atoms with Crippen molar-refractivity contribution in [2.24, 2.45) is 75.4 Å². The lowest BCUT2D eigenvalue weighted by molar-refractivity contribution is -0.195. The number of ether oxygens (including phenoxy) is 2. The molecule has 10 rings (SSSR count). The van der Waals surface area contributed by atoms with Gasteiger partial charge < -0.3 is 9.47 Å². The van der Waals surface area contributed by atoms with Crippen molar-refractivity contribution in [3.8, 4) is 0 Å². The molecule has 0 aromatic heterocycles. The molecule has 27 heavy (non-hydrogen) atoms. The maximum absolute atomic E-state index is 13.7. The molecule has 0 radical (unpaired) electrons. The number of allylic oxidation sites excluding steroid dienone is 4. The molecule has 8 fully saturated rings. The van der Waals surface area contributed by atoms with Crippen LogP contribution in [0.25, 0.3) is 0 Å². The first-order chi connectivity index (χ1) is 13.1. The van der Waals surface area contributed by atoms with E-state index in [1.165, 1.54) is 27.1 Å². The molecule has 0 amide bonds. The Hall–Kier alpha value is -1.58. The topological polar surface area (TPSA) is 52.6 Å². The van der Waals surface area contributed by atoms with Crippen molar-refractivity contribution >= 4 is 11.9 Å². The molecule has 10 aliphatic rings. The van der Waals surface area contributed by atoms with E-state index >= 15 is 0 Å². The van der Waals surface area contributed by atoms with Crippen molar-refractivity contribution in [3.63, 3.8) is 0 Å². The minimum atomic E-state index is -0.674. The summed E-state index contributed by atoms with van der Waals surface area (Å²) in [6.07, 6.45) is 11.9. The number of carbonyl (C=O) groups excluding carboxylic acids is 2. The Balaban J connectivity index is 1.51. The predicted octanol–water partition coefficient (Wildman–Crippen LogP) is 2.46. The van der Waals surface area contributed by atoms with Gasteiger partial charge in [-0.15, -0.1) is 0 Å². The molecule has 10 aliphatic carbocycles. The summed E-state index contributed by atoms with van der Waals surface area (Å²) < 4.78 is 11.0. The third kappa shape index (κ3) is 0.921. The van der Waals surface area contributed by atoms with Gasteiger partial charge >= 0.3 is 11.9 Å². The van der Waals surface area contributed by atoms with Gasteiger partial charge in [0.1, 0.15) is 0 Å². The van der Waals surface area contributed by atoms with Crippen LogP contribution in [0.4, 0.5) is 0 Å². The molecule has 13 atom stereocenters. The summed E-state index contributed by atoms with van der Waals surface area (Å²) in [5.74, 6) is 4.30. The summed E-state index contributed by atoms with van der Waals surface area (Å²) in [6.45, 7) is 0. The molecule has 0 aliphatic heterocycles. The summed E-state index contributed by atoms with van der Waals surface area (Å²) in [7, 11) is 3.04. The van der Waals surface area contributed by atoms with Gasteiger partial charge in [-0.25, -0.2) is 0 Å². The van der Waals surface area contributed by atoms with Crippen LogP contribution in [0.15, 0.2) is 24.3 Å². The normalized spacial score (nSPS) is 67.8. The van der Waals surface area contributed by atoms with Crippen molar-refractivity contribution in [3.05, 3.63) is 24.3 Å². The van der Waals surface area contributed by atoms with Gasteiger partial charge in [0.05, 0.1) is 25.0 Å². The molecule has 4 heteroatoms. The second-order valence-corrected chi connectivity index (χ2v) is 10.8. The van der Waals surface area contributed by atoms with Crippen LogP contribution in [0.2, 0.25) is 0 Å². The van der Waals surface area contributed by atoms with Gasteiger partial charge in [0.25, 0.3) is 0 Å². The smallest absolute Gasteiger partial charge is 0.313 e. The molecule has 0 N–H and O–H groups in total. The Labute approximate surface area is 158 Å². The number of rotatable bonds is 2. The van der Waals surface area contributed by atoms with E-state index < -0.39 is 10.8 Å². The monoisotopic (exact) mass is 364 g/mol. The molecule has 13 bridgehead atoms. The van der Waals surface area contributed by atoms with Crippen LogP contribution in [0, 0.1) is 75.4 Å². The first kappa shape index (κ1) is 14.4. The van der Waals surface area contributed by atoms with Crippen LogP contribution in [0.3, 0.4) is 0 Å². The fourth-order valence-corrected chi connectivity index (χ4v) is 11.9. The average Bonchev–Trinajstić information content (AvgIpc) is 3.47. The van der Waals surface area contributed by atoms with Crippen LogP contribution in [0.1, 0.15) is 12.8 Å². The Morgan fingerprint density at radius 2 is 1.26 bits per heavy atom. The number of carbonyl (C=O) groups is 2. The van der Waals surface area contributed by atoms with Gasteiger partial charge in [0.15, 0.2) is 0 Å². The Kier molecular flexibility index (Phi) is 1.96. The van der Waals surface area contributed by atoms with E-state index in [9.17, 15) is 9.59 Å². The fraction of sp³-hybridized carbons (Fsp3) is 0.739. The third-order valence-electron chi connectivity index (χ3n) is 11.3. The van der Waals surface area contributed by atoms with Gasteiger partial charge in [-0.3, -0.25) is 9.59 Å². The standard InChI is InChI=1S/C23H24O4/c1-26-19(24)22-13-5-6-14-12(13)8-21-7-11-9-3-4-10(11)16(15(9)17(21)22)18(21)23(14,22)20(25)27-2/h3-6,9-18H,7-8H2,1-2H3/t9-,10+,11?,12?,13+,14-,15?,16?,17-,18+,21?,22+,23-. The molecule has 140 valence electrons. The predicted molar refractivity (Wildman–Crippen MR) is 93.7 cm³/mol. The molecule has 5 unspecified atom stereocenters. The molecule has 1 spiro atoms. The minimum absolute atomic E-state index is 0.116. The lowest BCUT2D eigenvalue weighted by Gasteiger charge is -2.54. The molecule has 0 aromatic carbocycles. The van der Waals surface area contributed by atoms with Gasteiger partial charge in [-0.05, 0) is 77.4 Å². The SMILES string of the molecule is COC(=O)[C@@]12[C@@H]3C4C5[C@H]6C=C[C@@H]4C6CC34CC3[C@@H](C=C[C@@H]31)[C@]2(C(=O)OC)[C@@H]54. The molecular weight excluding hydrogens is 340 g/mol. The first-order valence-corrected chi connectivity index (χ1v) is 10.6. The number of hydrogen-bond donors (Lipinski definition) is 0. The maximum atomic E-state index is 13.7. The molecule has 0 heterocycles. The van der Waals surface area contributed by atoms with E-state index in [1.54, 1.807) is 0 Å². The van der Waals surface area contributed by atoms with E-state index in [2.05, 4.69) is 24.3 Å². The van der Waals surface area contributed by atoms with Gasteiger partial charge in [-0.1, -0.05) is 24.3 Å². The quantitative estimate of drug-likeness (QED) is 0.558. The van der Waals surface area contributed by atoms with E-state index in [-0.39, 0.29) is 29.2 Å². The van der Waals surface area contributed by atoms with Crippen LogP contribution < -0.4 is 0 Å². The van der Waals surface area contributed by atoms with Crippen LogP contribution >= 0.6 is 0 Å². The summed E-state index contributed by atoms with van der Waals surface area (Å²) in [4.78, 5) is 27.3. The van der Waals surface area contributed by atoms with Gasteiger partial charge in [-0.2, -0.15) is 0 Å². The van der Waals surface area contributed by atoms with E-state index in [0.29, 0.717) is 41.4 Å². The van der Waals surface area contributed by atoms with Crippen molar-refractivity contribution in [1.82, 2.24) is 0 Å². The second kappa shape index (κ2) is 3.67. The first-order valence-electron chi connectivity index (χ1n) is 10.6. The molecule has 0 aromatic rings. The highest BCUT2D eigenvalue weighted by Crippen LogP contribution is 2.97. The summed E-state index contributed by atoms with van der Waals surface area (Å²) >= 11 is 0. The van der Waals surface area contributed by atoms with Crippen molar-refractivity contribution in [1.29, 1.82) is 0 Å². The summed E-state index contributed by atoms with van der Waals surface area (Å²) in [5, 5.41) is 0. The van der Waals surface area contributed by atoms with E-state index in [4.69, 9.17) is 9.47 Å². The third-order valence-corrected chi connectivity index (χ3v) is 11.3. The number of esters is 2. The number of methoxy groups -OCH3 is 2. The van der Waals surface area contributed by atoms with E-state index in [0.717, 1.165) is 5.92 Å². The van der Waals surface area contributed by atoms with Crippen LogP contribution in [-0.2, 0) is 19.1 Å². The highest BCUT2D eigenvalue weighted by molar-refractivity contribution is 5.95. The van der Waals surface area contributed by atoms with Crippen molar-refractivity contribution in [2.45, 2.75) is 12.8 Å². The molecule has 4 nitrogen and oxygen atoms in total. The molecular formula is C23H24O4. The largest absolute Gasteiger partial charge is 0.469 e. The van der Waals surface area contributed by atoms with Crippen LogP contribution in [0.5, 0.6) is 0 Å². The lowest BCUT2D eigenvalue weighted by atomic mass is 9.46. The van der Waals surface area contributed by atoms with Crippen molar-refractivity contribution in [2.75, 3.05) is 14.2 Å². The Morgan fingerprint density at radius 3 is 1.74 bits per heavy atom. The minimum Gasteiger partial charge on any atom is -0.469 e. The zero-order chi connectivity index (χ0) is 18.1. The maximum Gasteiger partial charge on any atom is 0.313 e. The number of hydrogen-bond acceptors (Lipinski definition) is 4. The van der Waals surface area contributed by atoms with Crippen molar-refractivity contribution < 1.29 is 19.1 Å². The zero-order valence-electron chi connectivity index (χ0n) is 15.6. The summed E-state index contributed by atoms with van der Waals surface area (Å²) in [6, 6.07) is 0. The Bertz CT molecular complexity index is 849. The van der Waals surface area contributed by atoms with Gasteiger partial charge in [0, 0.05) is 0 Å². The Morgan fingerprint density at radius 1 is 0.778 bits per heavy atom. The lowest BCUT2D eigenvalue weighted by Crippen LogP contribution is -2.63. The van der Waals surface area contributed by atoms with Gasteiger partial charge in [0.2, 0.25) is 0 Å². The average molecular weight is 364 g/mol. The second-order valence-electron chi connectivity index (χ2n) is 10.8. The molecule has 0 saturated heterocycles. The van der Waals surface area contributed by atoms with E-state index in [1.807, 2.05) is 0 Å².